The van der Waals surface area contributed by atoms with Crippen molar-refractivity contribution in [1.82, 2.24) is 9.78 Å². The molecule has 1 rings (SSSR count). The summed E-state index contributed by atoms with van der Waals surface area (Å²) in [5.41, 5.74) is -0.646. The average Bonchev–Trinajstić information content (AvgIpc) is 2.40. The Kier molecular flexibility index (Phi) is 7.07. The lowest BCUT2D eigenvalue weighted by Crippen LogP contribution is -2.28. The first-order valence-corrected chi connectivity index (χ1v) is 11.0. The molecular formula is C12H18BrF3N2O3Si. The molecule has 0 spiro atoms. The Morgan fingerprint density at radius 1 is 1.36 bits per heavy atom. The number of rotatable bonds is 8. The van der Waals surface area contributed by atoms with Crippen molar-refractivity contribution in [3.63, 3.8) is 0 Å². The van der Waals surface area contributed by atoms with Gasteiger partial charge in [-0.25, -0.2) is 13.5 Å². The van der Waals surface area contributed by atoms with Gasteiger partial charge in [0.15, 0.2) is 5.75 Å². The lowest BCUT2D eigenvalue weighted by atomic mass is 10.5. The van der Waals surface area contributed by atoms with Gasteiger partial charge < -0.3 is 9.47 Å². The molecule has 22 heavy (non-hydrogen) atoms. The number of halogens is 4. The van der Waals surface area contributed by atoms with Gasteiger partial charge in [0, 0.05) is 14.7 Å². The molecule has 126 valence electrons. The average molecular weight is 403 g/mol. The highest BCUT2D eigenvalue weighted by molar-refractivity contribution is 9.10. The molecule has 1 aromatic heterocycles. The van der Waals surface area contributed by atoms with Crippen molar-refractivity contribution in [3.8, 4) is 5.75 Å². The highest BCUT2D eigenvalue weighted by atomic mass is 79.9. The van der Waals surface area contributed by atoms with Crippen molar-refractivity contribution >= 4 is 24.0 Å². The molecule has 0 aliphatic heterocycles. The summed E-state index contributed by atoms with van der Waals surface area (Å²) in [5.74, 6) is -0.379. The van der Waals surface area contributed by atoms with Crippen LogP contribution in [0.25, 0.3) is 0 Å². The zero-order valence-electron chi connectivity index (χ0n) is 12.5. The summed E-state index contributed by atoms with van der Waals surface area (Å²) in [6.07, 6.45) is -5.14. The Morgan fingerprint density at radius 2 is 2.00 bits per heavy atom. The predicted octanol–water partition coefficient (Wildman–Crippen LogP) is 3.26. The van der Waals surface area contributed by atoms with Crippen LogP contribution in [0.1, 0.15) is 0 Å². The second-order valence-corrected chi connectivity index (χ2v) is 12.2. The van der Waals surface area contributed by atoms with Gasteiger partial charge in [0.25, 0.3) is 11.9 Å². The molecule has 1 heterocycles. The summed E-state index contributed by atoms with van der Waals surface area (Å²) in [4.78, 5) is 11.9. The third-order valence-electron chi connectivity index (χ3n) is 2.60. The third-order valence-corrected chi connectivity index (χ3v) is 5.03. The fourth-order valence-corrected chi connectivity index (χ4v) is 2.48. The minimum absolute atomic E-state index is 0.0733. The smallest absolute Gasteiger partial charge is 0.304 e. The van der Waals surface area contributed by atoms with E-state index in [0.717, 1.165) is 16.9 Å². The molecule has 1 aromatic rings. The first-order chi connectivity index (χ1) is 10.1. The maximum atomic E-state index is 12.8. The van der Waals surface area contributed by atoms with Crippen LogP contribution < -0.4 is 10.3 Å². The third kappa shape index (κ3) is 6.09. The monoisotopic (exact) mass is 402 g/mol. The Bertz CT molecular complexity index is 551. The van der Waals surface area contributed by atoms with Crippen molar-refractivity contribution in [2.45, 2.75) is 45.2 Å². The topological polar surface area (TPSA) is 53.4 Å². The largest absolute Gasteiger partial charge is 0.451 e. The van der Waals surface area contributed by atoms with Gasteiger partial charge in [-0.15, -0.1) is 0 Å². The zero-order valence-corrected chi connectivity index (χ0v) is 15.1. The Labute approximate surface area is 135 Å². The Balaban J connectivity index is 2.68. The maximum absolute atomic E-state index is 12.8. The lowest BCUT2D eigenvalue weighted by molar-refractivity contribution is -0.0677. The van der Waals surface area contributed by atoms with Crippen LogP contribution in [0.2, 0.25) is 25.7 Å². The molecule has 0 aliphatic rings. The molecule has 0 amide bonds. The van der Waals surface area contributed by atoms with Crippen LogP contribution in [0.15, 0.2) is 15.5 Å². The molecule has 0 saturated carbocycles. The number of alkyl halides is 3. The predicted molar refractivity (Wildman–Crippen MR) is 81.8 cm³/mol. The van der Waals surface area contributed by atoms with Crippen molar-refractivity contribution in [3.05, 3.63) is 21.0 Å². The molecule has 0 N–H and O–H groups in total. The van der Waals surface area contributed by atoms with Gasteiger partial charge in [-0.1, -0.05) is 19.6 Å². The summed E-state index contributed by atoms with van der Waals surface area (Å²) in [5, 5.41) is 3.71. The van der Waals surface area contributed by atoms with E-state index in [0.29, 0.717) is 6.61 Å². The van der Waals surface area contributed by atoms with Gasteiger partial charge in [-0.2, -0.15) is 9.49 Å². The Hall–Kier alpha value is -0.873. The molecule has 1 atom stereocenters. The van der Waals surface area contributed by atoms with E-state index in [4.69, 9.17) is 4.74 Å². The molecule has 0 aromatic carbocycles. The van der Waals surface area contributed by atoms with Crippen LogP contribution in [0.3, 0.4) is 0 Å². The highest BCUT2D eigenvalue weighted by Crippen LogP contribution is 2.22. The van der Waals surface area contributed by atoms with Gasteiger partial charge in [0.2, 0.25) is 0 Å². The minimum Gasteiger partial charge on any atom is -0.451 e. The number of hydrogen-bond acceptors (Lipinski definition) is 4. The van der Waals surface area contributed by atoms with E-state index in [1.54, 1.807) is 0 Å². The van der Waals surface area contributed by atoms with E-state index >= 15 is 0 Å². The fraction of sp³-hybridized carbons (Fsp3) is 0.667. The van der Waals surface area contributed by atoms with E-state index in [1.807, 2.05) is 0 Å². The van der Waals surface area contributed by atoms with Gasteiger partial charge in [-0.05, 0) is 22.0 Å². The van der Waals surface area contributed by atoms with E-state index in [9.17, 15) is 18.0 Å². The molecule has 5 nitrogen and oxygen atoms in total. The second-order valence-electron chi connectivity index (χ2n) is 5.78. The second kappa shape index (κ2) is 8.11. The van der Waals surface area contributed by atoms with Crippen LogP contribution in [0.4, 0.5) is 13.2 Å². The molecular weight excluding hydrogens is 385 g/mol. The van der Waals surface area contributed by atoms with Crippen LogP contribution in [-0.4, -0.2) is 37.2 Å². The molecule has 0 saturated heterocycles. The van der Waals surface area contributed by atoms with Crippen LogP contribution in [0.5, 0.6) is 5.75 Å². The minimum atomic E-state index is -3.31. The van der Waals surface area contributed by atoms with E-state index < -0.39 is 26.4 Å². The quantitative estimate of drug-likeness (QED) is 0.494. The van der Waals surface area contributed by atoms with Gasteiger partial charge >= 0.3 is 6.43 Å². The SMILES string of the molecule is C[Si](C)(C)CCOCn1ncc(OC(F)C(F)F)c(Br)c1=O. The van der Waals surface area contributed by atoms with Crippen molar-refractivity contribution in [2.24, 2.45) is 0 Å². The normalized spacial score (nSPS) is 13.5. The number of aromatic nitrogens is 2. The summed E-state index contributed by atoms with van der Waals surface area (Å²) in [6.45, 7) is 7.01. The maximum Gasteiger partial charge on any atom is 0.304 e. The van der Waals surface area contributed by atoms with Crippen molar-refractivity contribution in [2.75, 3.05) is 6.61 Å². The van der Waals surface area contributed by atoms with Crippen LogP contribution in [0, 0.1) is 0 Å². The molecule has 0 bridgehead atoms. The van der Waals surface area contributed by atoms with E-state index in [-0.39, 0.29) is 17.0 Å². The number of ether oxygens (including phenoxy) is 2. The lowest BCUT2D eigenvalue weighted by Gasteiger charge is -2.16. The summed E-state index contributed by atoms with van der Waals surface area (Å²) >= 11 is 2.89. The van der Waals surface area contributed by atoms with Crippen LogP contribution in [-0.2, 0) is 11.5 Å². The standard InChI is InChI=1S/C12H18BrF3N2O3Si/c1-22(2,3)5-4-20-7-18-12(19)9(13)8(6-17-18)21-11(16)10(14)15/h6,10-11H,4-5,7H2,1-3H3. The first-order valence-electron chi connectivity index (χ1n) is 6.54. The summed E-state index contributed by atoms with van der Waals surface area (Å²) < 4.78 is 47.5. The van der Waals surface area contributed by atoms with Gasteiger partial charge in [-0.3, -0.25) is 4.79 Å². The van der Waals surface area contributed by atoms with E-state index in [2.05, 4.69) is 45.4 Å². The summed E-state index contributed by atoms with van der Waals surface area (Å²) in [7, 11) is -1.23. The number of nitrogens with zero attached hydrogens (tertiary/aromatic N) is 2. The van der Waals surface area contributed by atoms with E-state index in [1.165, 1.54) is 0 Å². The molecule has 0 radical (unpaired) electrons. The zero-order chi connectivity index (χ0) is 16.9. The first kappa shape index (κ1) is 19.2. The molecule has 1 unspecified atom stereocenters. The van der Waals surface area contributed by atoms with Crippen LogP contribution >= 0.6 is 15.9 Å². The summed E-state index contributed by atoms with van der Waals surface area (Å²) in [6, 6.07) is 0.933. The molecule has 0 fully saturated rings. The fourth-order valence-electron chi connectivity index (χ4n) is 1.33. The van der Waals surface area contributed by atoms with Crippen molar-refractivity contribution < 1.29 is 22.6 Å². The highest BCUT2D eigenvalue weighted by Gasteiger charge is 2.23. The van der Waals surface area contributed by atoms with Gasteiger partial charge in [0.1, 0.15) is 11.2 Å². The number of hydrogen-bond donors (Lipinski definition) is 0. The molecule has 0 aliphatic carbocycles. The Morgan fingerprint density at radius 3 is 2.55 bits per heavy atom. The molecule has 10 heteroatoms. The van der Waals surface area contributed by atoms with Crippen molar-refractivity contribution in [1.29, 1.82) is 0 Å². The van der Waals surface area contributed by atoms with Gasteiger partial charge in [0.05, 0.1) is 6.20 Å².